The van der Waals surface area contributed by atoms with Crippen LogP contribution in [0.4, 0.5) is 0 Å². The predicted molar refractivity (Wildman–Crippen MR) is 85.2 cm³/mol. The van der Waals surface area contributed by atoms with Crippen molar-refractivity contribution in [1.29, 1.82) is 0 Å². The molecule has 120 valence electrons. The molecular weight excluding hydrogens is 297 g/mol. The third-order valence-electron chi connectivity index (χ3n) is 2.53. The molecule has 1 N–H and O–H groups in total. The van der Waals surface area contributed by atoms with Gasteiger partial charge < -0.3 is 18.9 Å². The zero-order valence-electron chi connectivity index (χ0n) is 13.0. The van der Waals surface area contributed by atoms with Gasteiger partial charge in [-0.05, 0) is 38.5 Å². The van der Waals surface area contributed by atoms with E-state index >= 15 is 0 Å². The number of unbranched alkanes of at least 4 members (excludes halogenated alkanes) is 3. The van der Waals surface area contributed by atoms with Crippen LogP contribution in [0, 0.1) is 0 Å². The first-order valence-corrected chi connectivity index (χ1v) is 9.74. The van der Waals surface area contributed by atoms with Gasteiger partial charge in [0.25, 0.3) is 0 Å². The summed E-state index contributed by atoms with van der Waals surface area (Å²) in [6.45, 7) is 4.42. The van der Waals surface area contributed by atoms with E-state index < -0.39 is 6.72 Å². The SMILES string of the molecule is CCC(=O)NCCCCCCOP(=S)(OC)OC(C)C. The highest BCUT2D eigenvalue weighted by Gasteiger charge is 2.19. The van der Waals surface area contributed by atoms with E-state index in [1.807, 2.05) is 20.8 Å². The third-order valence-corrected chi connectivity index (χ3v) is 5.17. The Labute approximate surface area is 128 Å². The zero-order valence-corrected chi connectivity index (χ0v) is 14.7. The number of rotatable bonds is 12. The highest BCUT2D eigenvalue weighted by molar-refractivity contribution is 8.07. The Morgan fingerprint density at radius 3 is 2.45 bits per heavy atom. The van der Waals surface area contributed by atoms with Gasteiger partial charge in [0.1, 0.15) is 0 Å². The molecule has 0 saturated carbocycles. The number of hydrogen-bond acceptors (Lipinski definition) is 5. The second-order valence-corrected chi connectivity index (χ2v) is 7.81. The number of amides is 1. The largest absolute Gasteiger partial charge is 0.356 e. The minimum atomic E-state index is -2.56. The summed E-state index contributed by atoms with van der Waals surface area (Å²) in [7, 11) is 1.53. The highest BCUT2D eigenvalue weighted by Crippen LogP contribution is 2.50. The van der Waals surface area contributed by atoms with Crippen molar-refractivity contribution in [1.82, 2.24) is 5.32 Å². The van der Waals surface area contributed by atoms with E-state index in [0.29, 0.717) is 13.0 Å². The lowest BCUT2D eigenvalue weighted by Crippen LogP contribution is -2.23. The first-order chi connectivity index (χ1) is 9.43. The summed E-state index contributed by atoms with van der Waals surface area (Å²) in [5.74, 6) is 0.111. The van der Waals surface area contributed by atoms with Gasteiger partial charge in [-0.1, -0.05) is 19.8 Å². The molecule has 0 radical (unpaired) electrons. The van der Waals surface area contributed by atoms with E-state index in [9.17, 15) is 4.79 Å². The van der Waals surface area contributed by atoms with Gasteiger partial charge in [-0.25, -0.2) is 0 Å². The van der Waals surface area contributed by atoms with Gasteiger partial charge in [-0.2, -0.15) is 0 Å². The van der Waals surface area contributed by atoms with E-state index in [0.717, 1.165) is 32.2 Å². The summed E-state index contributed by atoms with van der Waals surface area (Å²) in [4.78, 5) is 11.0. The van der Waals surface area contributed by atoms with Crippen molar-refractivity contribution < 1.29 is 18.4 Å². The molecule has 0 fully saturated rings. The molecule has 0 aliphatic heterocycles. The monoisotopic (exact) mass is 325 g/mol. The first kappa shape index (κ1) is 20.0. The molecule has 0 rings (SSSR count). The Hall–Kier alpha value is -0.0000000000000000694. The van der Waals surface area contributed by atoms with Gasteiger partial charge in [-0.3, -0.25) is 4.79 Å². The number of hydrogen-bond donors (Lipinski definition) is 1. The lowest BCUT2D eigenvalue weighted by molar-refractivity contribution is -0.120. The molecule has 0 aliphatic carbocycles. The maximum absolute atomic E-state index is 11.0. The normalized spacial score (nSPS) is 14.2. The van der Waals surface area contributed by atoms with E-state index in [2.05, 4.69) is 5.32 Å². The van der Waals surface area contributed by atoms with Crippen LogP contribution in [0.25, 0.3) is 0 Å². The zero-order chi connectivity index (χ0) is 15.4. The summed E-state index contributed by atoms with van der Waals surface area (Å²) in [6.07, 6.45) is 4.57. The lowest BCUT2D eigenvalue weighted by Gasteiger charge is -2.21. The van der Waals surface area contributed by atoms with E-state index in [-0.39, 0.29) is 12.0 Å². The fourth-order valence-electron chi connectivity index (χ4n) is 1.49. The standard InChI is InChI=1S/C13H28NO4PS/c1-5-13(15)14-10-8-6-7-9-11-17-19(20,16-4)18-12(2)3/h12H,5-11H2,1-4H3,(H,14,15). The third kappa shape index (κ3) is 10.7. The van der Waals surface area contributed by atoms with Crippen LogP contribution in [0.15, 0.2) is 0 Å². The van der Waals surface area contributed by atoms with Crippen LogP contribution in [0.1, 0.15) is 52.9 Å². The Bertz CT molecular complexity index is 313. The molecule has 1 amide bonds. The van der Waals surface area contributed by atoms with Gasteiger partial charge >= 0.3 is 6.72 Å². The number of carbonyl (C=O) groups excluding carboxylic acids is 1. The summed E-state index contributed by atoms with van der Waals surface area (Å²) in [5, 5.41) is 2.86. The van der Waals surface area contributed by atoms with Gasteiger partial charge in [0.05, 0.1) is 12.7 Å². The van der Waals surface area contributed by atoms with Gasteiger partial charge in [-0.15, -0.1) is 0 Å². The molecule has 20 heavy (non-hydrogen) atoms. The molecule has 0 spiro atoms. The van der Waals surface area contributed by atoms with Crippen LogP contribution in [-0.4, -0.2) is 32.3 Å². The first-order valence-electron chi connectivity index (χ1n) is 7.19. The van der Waals surface area contributed by atoms with Gasteiger partial charge in [0, 0.05) is 20.1 Å². The maximum Gasteiger partial charge on any atom is 0.327 e. The van der Waals surface area contributed by atoms with E-state index in [1.54, 1.807) is 0 Å². The minimum Gasteiger partial charge on any atom is -0.356 e. The smallest absolute Gasteiger partial charge is 0.327 e. The van der Waals surface area contributed by atoms with Crippen LogP contribution in [0.2, 0.25) is 0 Å². The van der Waals surface area contributed by atoms with E-state index in [1.165, 1.54) is 7.11 Å². The van der Waals surface area contributed by atoms with Crippen molar-refractivity contribution in [2.45, 2.75) is 59.0 Å². The summed E-state index contributed by atoms with van der Waals surface area (Å²) < 4.78 is 16.2. The van der Waals surface area contributed by atoms with Crippen molar-refractivity contribution >= 4 is 24.4 Å². The van der Waals surface area contributed by atoms with Crippen molar-refractivity contribution in [2.75, 3.05) is 20.3 Å². The Morgan fingerprint density at radius 1 is 1.25 bits per heavy atom. The lowest BCUT2D eigenvalue weighted by atomic mass is 10.2. The molecule has 1 unspecified atom stereocenters. The second kappa shape index (κ2) is 11.6. The van der Waals surface area contributed by atoms with Crippen LogP contribution in [0.3, 0.4) is 0 Å². The van der Waals surface area contributed by atoms with Crippen molar-refractivity contribution in [3.63, 3.8) is 0 Å². The molecule has 5 nitrogen and oxygen atoms in total. The highest BCUT2D eigenvalue weighted by atomic mass is 32.5. The molecule has 0 aromatic heterocycles. The molecule has 0 saturated heterocycles. The molecule has 0 bridgehead atoms. The Kier molecular flexibility index (Phi) is 11.6. The molecule has 0 heterocycles. The average molecular weight is 325 g/mol. The molecular formula is C13H28NO4PS. The molecule has 0 aliphatic rings. The summed E-state index contributed by atoms with van der Waals surface area (Å²) >= 11 is 5.24. The average Bonchev–Trinajstić information content (AvgIpc) is 2.40. The number of carbonyl (C=O) groups is 1. The van der Waals surface area contributed by atoms with Crippen LogP contribution in [-0.2, 0) is 30.2 Å². The van der Waals surface area contributed by atoms with Crippen LogP contribution >= 0.6 is 6.72 Å². The van der Waals surface area contributed by atoms with Gasteiger partial charge in [0.2, 0.25) is 5.91 Å². The maximum atomic E-state index is 11.0. The Morgan fingerprint density at radius 2 is 1.90 bits per heavy atom. The van der Waals surface area contributed by atoms with Crippen molar-refractivity contribution in [3.8, 4) is 0 Å². The Balaban J connectivity index is 3.56. The fourth-order valence-corrected chi connectivity index (χ4v) is 3.36. The second-order valence-electron chi connectivity index (χ2n) is 4.73. The minimum absolute atomic E-state index is 0.00274. The summed E-state index contributed by atoms with van der Waals surface area (Å²) in [6, 6.07) is 0. The quantitative estimate of drug-likeness (QED) is 0.440. The fraction of sp³-hybridized carbons (Fsp3) is 0.923. The van der Waals surface area contributed by atoms with Gasteiger partial charge in [0.15, 0.2) is 0 Å². The molecule has 7 heteroatoms. The molecule has 0 aromatic rings. The predicted octanol–water partition coefficient (Wildman–Crippen LogP) is 3.39. The summed E-state index contributed by atoms with van der Waals surface area (Å²) in [5.41, 5.74) is 0. The van der Waals surface area contributed by atoms with E-state index in [4.69, 9.17) is 25.4 Å². The number of nitrogens with one attached hydrogen (secondary N) is 1. The molecule has 0 aromatic carbocycles. The topological polar surface area (TPSA) is 56.8 Å². The van der Waals surface area contributed by atoms with Crippen LogP contribution in [0.5, 0.6) is 0 Å². The van der Waals surface area contributed by atoms with Crippen LogP contribution < -0.4 is 5.32 Å². The molecule has 1 atom stereocenters. The van der Waals surface area contributed by atoms with Crippen molar-refractivity contribution in [2.24, 2.45) is 0 Å². The van der Waals surface area contributed by atoms with Crippen molar-refractivity contribution in [3.05, 3.63) is 0 Å².